The monoisotopic (exact) mass is 191 g/mol. The van der Waals surface area contributed by atoms with Gasteiger partial charge in [-0.3, -0.25) is 0 Å². The Hall–Kier alpha value is -0.260. The van der Waals surface area contributed by atoms with Crippen molar-refractivity contribution in [1.29, 1.82) is 0 Å². The number of hydrogen-bond acceptors (Lipinski definition) is 5. The molecule has 0 bridgehead atoms. The third kappa shape index (κ3) is 7.74. The standard InChI is InChI=1S/H5N3O5S2/c1-9(4,5)3-8-10(2,6)7/h3H,(H2,1,4,5)(H2,2,6,7). The lowest BCUT2D eigenvalue weighted by Crippen LogP contribution is -2.35. The molecule has 0 amide bonds. The van der Waals surface area contributed by atoms with Gasteiger partial charge in [-0.2, -0.15) is 21.1 Å². The molecule has 0 spiro atoms. The molecule has 8 nitrogen and oxygen atoms in total. The van der Waals surface area contributed by atoms with Gasteiger partial charge >= 0.3 is 10.3 Å². The summed E-state index contributed by atoms with van der Waals surface area (Å²) in [7, 11) is -8.52. The molecule has 10 heteroatoms. The highest BCUT2D eigenvalue weighted by Gasteiger charge is 2.07. The Kier molecular flexibility index (Phi) is 2.70. The maximum absolute atomic E-state index is 9.90. The van der Waals surface area contributed by atoms with E-state index in [4.69, 9.17) is 0 Å². The van der Waals surface area contributed by atoms with Gasteiger partial charge in [-0.1, -0.05) is 4.89 Å². The molecule has 0 heterocycles. The van der Waals surface area contributed by atoms with Gasteiger partial charge in [0.25, 0.3) is 10.2 Å². The molecular weight excluding hydrogens is 186 g/mol. The zero-order chi connectivity index (χ0) is 8.41. The van der Waals surface area contributed by atoms with E-state index >= 15 is 0 Å². The van der Waals surface area contributed by atoms with Crippen molar-refractivity contribution < 1.29 is 21.1 Å². The van der Waals surface area contributed by atoms with Gasteiger partial charge in [0.05, 0.1) is 0 Å². The first-order chi connectivity index (χ1) is 4.21. The normalized spacial score (nSPS) is 13.4. The van der Waals surface area contributed by atoms with Crippen LogP contribution in [-0.2, 0) is 24.8 Å². The van der Waals surface area contributed by atoms with Gasteiger partial charge in [0.1, 0.15) is 0 Å². The van der Waals surface area contributed by atoms with Gasteiger partial charge in [0, 0.05) is 0 Å². The number of nitrogens with one attached hydrogen (secondary N) is 1. The van der Waals surface area contributed by atoms with Crippen molar-refractivity contribution in [3.63, 3.8) is 0 Å². The molecule has 0 atom stereocenters. The van der Waals surface area contributed by atoms with E-state index < -0.39 is 20.5 Å². The predicted octanol–water partition coefficient (Wildman–Crippen LogP) is -3.09. The predicted molar refractivity (Wildman–Crippen MR) is 30.4 cm³/mol. The quantitative estimate of drug-likeness (QED) is 0.405. The van der Waals surface area contributed by atoms with Crippen LogP contribution in [0.3, 0.4) is 0 Å². The van der Waals surface area contributed by atoms with Crippen LogP contribution < -0.4 is 15.2 Å². The van der Waals surface area contributed by atoms with Crippen LogP contribution in [0.15, 0.2) is 0 Å². The van der Waals surface area contributed by atoms with Gasteiger partial charge in [0.2, 0.25) is 0 Å². The van der Waals surface area contributed by atoms with E-state index in [0.29, 0.717) is 0 Å². The Morgan fingerprint density at radius 2 is 1.50 bits per heavy atom. The first kappa shape index (κ1) is 9.74. The van der Waals surface area contributed by atoms with Crippen LogP contribution in [0.4, 0.5) is 0 Å². The minimum absolute atomic E-state index is 0.999. The summed E-state index contributed by atoms with van der Waals surface area (Å²) in [5.41, 5.74) is 0. The highest BCUT2D eigenvalue weighted by Crippen LogP contribution is 1.76. The van der Waals surface area contributed by atoms with Crippen molar-refractivity contribution >= 4 is 20.5 Å². The van der Waals surface area contributed by atoms with Crippen LogP contribution in [0.25, 0.3) is 0 Å². The Morgan fingerprint density at radius 3 is 1.60 bits per heavy atom. The summed E-state index contributed by atoms with van der Waals surface area (Å²) in [6, 6.07) is 0. The Morgan fingerprint density at radius 1 is 1.10 bits per heavy atom. The van der Waals surface area contributed by atoms with E-state index in [2.05, 4.69) is 14.6 Å². The summed E-state index contributed by atoms with van der Waals surface area (Å²) in [6.07, 6.45) is 0. The Labute approximate surface area is 57.5 Å². The summed E-state index contributed by atoms with van der Waals surface area (Å²) >= 11 is 0. The molecule has 0 aromatic rings. The van der Waals surface area contributed by atoms with Crippen LogP contribution in [0.2, 0.25) is 0 Å². The molecule has 62 valence electrons. The zero-order valence-electron chi connectivity index (χ0n) is 4.51. The summed E-state index contributed by atoms with van der Waals surface area (Å²) in [5.74, 6) is 0. The fraction of sp³-hybridized carbons (Fsp3) is 0. The van der Waals surface area contributed by atoms with E-state index in [9.17, 15) is 16.8 Å². The van der Waals surface area contributed by atoms with Crippen molar-refractivity contribution in [3.05, 3.63) is 0 Å². The molecule has 0 saturated carbocycles. The molecule has 5 N–H and O–H groups in total. The second-order valence-electron chi connectivity index (χ2n) is 1.20. The van der Waals surface area contributed by atoms with Crippen molar-refractivity contribution in [3.8, 4) is 0 Å². The lowest BCUT2D eigenvalue weighted by Gasteiger charge is -1.97. The molecule has 0 aromatic carbocycles. The van der Waals surface area contributed by atoms with E-state index in [1.54, 1.807) is 0 Å². The molecule has 0 unspecified atom stereocenters. The molecule has 0 fully saturated rings. The minimum atomic E-state index is -4.33. The largest absolute Gasteiger partial charge is 0.350 e. The second-order valence-corrected chi connectivity index (χ2v) is 3.61. The van der Waals surface area contributed by atoms with E-state index in [1.165, 1.54) is 0 Å². The smallest absolute Gasteiger partial charge is 0.214 e. The van der Waals surface area contributed by atoms with Gasteiger partial charge in [-0.25, -0.2) is 10.3 Å². The van der Waals surface area contributed by atoms with Gasteiger partial charge in [-0.15, -0.1) is 0 Å². The molecule has 0 radical (unpaired) electrons. The first-order valence-corrected chi connectivity index (χ1v) is 4.73. The SMILES string of the molecule is NS(=O)(=O)NOS(N)(=O)=O. The summed E-state index contributed by atoms with van der Waals surface area (Å²) in [4.78, 5) is 0.999. The highest BCUT2D eigenvalue weighted by molar-refractivity contribution is 7.88. The number of rotatable bonds is 3. The summed E-state index contributed by atoms with van der Waals surface area (Å²) in [5, 5.41) is 8.47. The van der Waals surface area contributed by atoms with Crippen LogP contribution in [0, 0.1) is 0 Å². The van der Waals surface area contributed by atoms with Crippen molar-refractivity contribution in [2.75, 3.05) is 0 Å². The molecule has 0 aliphatic heterocycles. The molecule has 0 aromatic heterocycles. The summed E-state index contributed by atoms with van der Waals surface area (Å²) in [6.45, 7) is 0. The molecular formula is H5N3O5S2. The van der Waals surface area contributed by atoms with Crippen molar-refractivity contribution in [2.45, 2.75) is 0 Å². The molecule has 0 rings (SSSR count). The maximum atomic E-state index is 9.90. The highest BCUT2D eigenvalue weighted by atomic mass is 32.2. The van der Waals surface area contributed by atoms with Crippen LogP contribution in [-0.4, -0.2) is 16.8 Å². The average molecular weight is 191 g/mol. The third-order valence-electron chi connectivity index (χ3n) is 0.266. The Balaban J connectivity index is 4.05. The van der Waals surface area contributed by atoms with Crippen LogP contribution in [0.1, 0.15) is 0 Å². The number of nitrogens with two attached hydrogens (primary N) is 2. The first-order valence-electron chi connectivity index (χ1n) is 1.71. The lowest BCUT2D eigenvalue weighted by atomic mass is 13.5. The topological polar surface area (TPSA) is 142 Å². The van der Waals surface area contributed by atoms with Crippen LogP contribution >= 0.6 is 0 Å². The average Bonchev–Trinajstić information content (AvgIpc) is 1.57. The van der Waals surface area contributed by atoms with Gasteiger partial charge in [-0.05, 0) is 0 Å². The second kappa shape index (κ2) is 2.77. The zero-order valence-corrected chi connectivity index (χ0v) is 6.15. The molecule has 0 aliphatic rings. The van der Waals surface area contributed by atoms with Crippen LogP contribution in [0.5, 0.6) is 0 Å². The van der Waals surface area contributed by atoms with Gasteiger partial charge < -0.3 is 0 Å². The van der Waals surface area contributed by atoms with Gasteiger partial charge in [0.15, 0.2) is 0 Å². The summed E-state index contributed by atoms with van der Waals surface area (Å²) < 4.78 is 42.9. The molecule has 0 aliphatic carbocycles. The fourth-order valence-corrected chi connectivity index (χ4v) is 0.854. The Bertz CT molecular complexity index is 251. The minimum Gasteiger partial charge on any atom is -0.214 e. The van der Waals surface area contributed by atoms with E-state index in [1.807, 2.05) is 0 Å². The molecule has 0 saturated heterocycles. The number of hydrogen-bond donors (Lipinski definition) is 3. The van der Waals surface area contributed by atoms with Crippen molar-refractivity contribution in [1.82, 2.24) is 4.89 Å². The molecule has 10 heavy (non-hydrogen) atoms. The van der Waals surface area contributed by atoms with E-state index in [0.717, 1.165) is 4.89 Å². The van der Waals surface area contributed by atoms with Crippen molar-refractivity contribution in [2.24, 2.45) is 10.3 Å². The third-order valence-corrected chi connectivity index (χ3v) is 1.00. The van der Waals surface area contributed by atoms with E-state index in [-0.39, 0.29) is 0 Å². The lowest BCUT2D eigenvalue weighted by molar-refractivity contribution is 0.274. The maximum Gasteiger partial charge on any atom is 0.350 e. The fourth-order valence-electron chi connectivity index (χ4n) is 0.0948.